The summed E-state index contributed by atoms with van der Waals surface area (Å²) >= 11 is 0. The summed E-state index contributed by atoms with van der Waals surface area (Å²) in [5.74, 6) is -0.523. The molecule has 0 amide bonds. The van der Waals surface area contributed by atoms with Crippen molar-refractivity contribution in [1.82, 2.24) is 0 Å². The molecule has 86 valence electrons. The summed E-state index contributed by atoms with van der Waals surface area (Å²) in [6, 6.07) is 0. The Labute approximate surface area is 97.3 Å². The normalized spacial score (nSPS) is 60.0. The van der Waals surface area contributed by atoms with Crippen molar-refractivity contribution in [2.45, 2.75) is 18.6 Å². The Kier molecular flexibility index (Phi) is 1.08. The summed E-state index contributed by atoms with van der Waals surface area (Å²) < 4.78 is 10.8. The van der Waals surface area contributed by atoms with Gasteiger partial charge in [0.15, 0.2) is 0 Å². The molecular formula is C13H10O4. The maximum atomic E-state index is 12.3. The van der Waals surface area contributed by atoms with E-state index in [1.165, 1.54) is 0 Å². The second-order valence-corrected chi connectivity index (χ2v) is 5.61. The summed E-state index contributed by atoms with van der Waals surface area (Å²) in [5.41, 5.74) is -1.49. The van der Waals surface area contributed by atoms with Gasteiger partial charge < -0.3 is 9.47 Å². The monoisotopic (exact) mass is 230 g/mol. The number of rotatable bonds is 0. The maximum Gasteiger partial charge on any atom is 0.324 e. The summed E-state index contributed by atoms with van der Waals surface area (Å²) in [7, 11) is 0. The molecule has 0 N–H and O–H groups in total. The van der Waals surface area contributed by atoms with Crippen LogP contribution in [0.3, 0.4) is 0 Å². The second-order valence-electron chi connectivity index (χ2n) is 5.61. The molecule has 0 aromatic rings. The molecule has 0 spiro atoms. The minimum atomic E-state index is -0.747. The predicted octanol–water partition coefficient (Wildman–Crippen LogP) is 0.586. The van der Waals surface area contributed by atoms with E-state index in [4.69, 9.17) is 9.47 Å². The van der Waals surface area contributed by atoms with E-state index >= 15 is 0 Å². The van der Waals surface area contributed by atoms with Crippen LogP contribution in [0, 0.1) is 22.7 Å². The van der Waals surface area contributed by atoms with Gasteiger partial charge in [0.05, 0.1) is 12.2 Å². The lowest BCUT2D eigenvalue weighted by Gasteiger charge is -2.38. The fraction of sp³-hybridized carbons (Fsp3) is 0.538. The van der Waals surface area contributed by atoms with Crippen molar-refractivity contribution in [3.05, 3.63) is 24.3 Å². The zero-order chi connectivity index (χ0) is 11.4. The van der Waals surface area contributed by atoms with Crippen LogP contribution < -0.4 is 0 Å². The van der Waals surface area contributed by atoms with Gasteiger partial charge in [-0.3, -0.25) is 9.59 Å². The summed E-state index contributed by atoms with van der Waals surface area (Å²) in [4.78, 5) is 24.5. The molecule has 3 heterocycles. The molecule has 5 rings (SSSR count). The van der Waals surface area contributed by atoms with Crippen molar-refractivity contribution in [2.24, 2.45) is 22.7 Å². The SMILES string of the molecule is O=C1OC(=O)[C@]23[C@H]4C=C[C@H](C4)[C@]12[C@@H]1C=C[C@H]3O1. The quantitative estimate of drug-likeness (QED) is 0.347. The Morgan fingerprint density at radius 3 is 2.00 bits per heavy atom. The standard InChI is InChI=1S/C13H10O4/c14-10-12-6-1-2-7(5-6)13(12,11(15)17-10)9-4-3-8(12)16-9/h1-4,6-9H,5H2/t6-,7+,8+,9-,12+,13-. The fourth-order valence-corrected chi connectivity index (χ4v) is 4.98. The first kappa shape index (κ1) is 8.64. The van der Waals surface area contributed by atoms with Crippen molar-refractivity contribution < 1.29 is 19.1 Å². The molecule has 0 aromatic heterocycles. The lowest BCUT2D eigenvalue weighted by molar-refractivity contribution is -0.161. The van der Waals surface area contributed by atoms with Gasteiger partial charge in [0, 0.05) is 0 Å². The number of esters is 2. The number of fused-ring (bicyclic) bond motifs is 4. The van der Waals surface area contributed by atoms with Crippen molar-refractivity contribution in [2.75, 3.05) is 0 Å². The molecule has 4 bridgehead atoms. The van der Waals surface area contributed by atoms with Crippen LogP contribution >= 0.6 is 0 Å². The van der Waals surface area contributed by atoms with E-state index in [1.54, 1.807) is 0 Å². The minimum Gasteiger partial charge on any atom is -0.392 e. The Balaban J connectivity index is 1.93. The topological polar surface area (TPSA) is 52.6 Å². The molecule has 1 saturated carbocycles. The molecule has 2 aliphatic carbocycles. The minimum absolute atomic E-state index is 0.103. The van der Waals surface area contributed by atoms with E-state index < -0.39 is 10.8 Å². The van der Waals surface area contributed by atoms with Gasteiger partial charge in [-0.2, -0.15) is 0 Å². The molecule has 0 radical (unpaired) electrons. The van der Waals surface area contributed by atoms with Crippen LogP contribution in [0.15, 0.2) is 24.3 Å². The van der Waals surface area contributed by atoms with Crippen LogP contribution in [0.5, 0.6) is 0 Å². The molecule has 0 unspecified atom stereocenters. The van der Waals surface area contributed by atoms with Crippen LogP contribution in [0.1, 0.15) is 6.42 Å². The number of carbonyl (C=O) groups is 2. The fourth-order valence-electron chi connectivity index (χ4n) is 4.98. The zero-order valence-electron chi connectivity index (χ0n) is 8.96. The van der Waals surface area contributed by atoms with Gasteiger partial charge >= 0.3 is 11.9 Å². The third-order valence-corrected chi connectivity index (χ3v) is 5.45. The van der Waals surface area contributed by atoms with Crippen LogP contribution in [0.25, 0.3) is 0 Å². The van der Waals surface area contributed by atoms with Crippen LogP contribution in [-0.2, 0) is 19.1 Å². The smallest absolute Gasteiger partial charge is 0.324 e. The molecule has 4 nitrogen and oxygen atoms in total. The molecule has 6 atom stereocenters. The summed E-state index contributed by atoms with van der Waals surface area (Å²) in [6.45, 7) is 0. The third kappa shape index (κ3) is 0.537. The highest BCUT2D eigenvalue weighted by molar-refractivity contribution is 6.06. The highest BCUT2D eigenvalue weighted by Crippen LogP contribution is 2.75. The first-order valence-corrected chi connectivity index (χ1v) is 6.01. The van der Waals surface area contributed by atoms with E-state index in [-0.39, 0.29) is 36.0 Å². The molecule has 4 heteroatoms. The van der Waals surface area contributed by atoms with Crippen LogP contribution in [-0.4, -0.2) is 24.1 Å². The largest absolute Gasteiger partial charge is 0.392 e. The van der Waals surface area contributed by atoms with Gasteiger partial charge in [-0.25, -0.2) is 0 Å². The predicted molar refractivity (Wildman–Crippen MR) is 54.5 cm³/mol. The van der Waals surface area contributed by atoms with Crippen molar-refractivity contribution in [1.29, 1.82) is 0 Å². The average molecular weight is 230 g/mol. The molecule has 3 aliphatic heterocycles. The number of cyclic esters (lactones) is 2. The number of allylic oxidation sites excluding steroid dienone is 2. The first-order valence-electron chi connectivity index (χ1n) is 6.01. The van der Waals surface area contributed by atoms with E-state index in [1.807, 2.05) is 12.2 Å². The number of ether oxygens (including phenoxy) is 2. The number of hydrogen-bond donors (Lipinski definition) is 0. The highest BCUT2D eigenvalue weighted by Gasteiger charge is 2.87. The maximum absolute atomic E-state index is 12.3. The third-order valence-electron chi connectivity index (χ3n) is 5.45. The molecule has 3 fully saturated rings. The Morgan fingerprint density at radius 1 is 0.941 bits per heavy atom. The van der Waals surface area contributed by atoms with E-state index in [9.17, 15) is 9.59 Å². The molecule has 5 aliphatic rings. The van der Waals surface area contributed by atoms with Gasteiger partial charge in [-0.05, 0) is 18.3 Å². The van der Waals surface area contributed by atoms with Gasteiger partial charge in [-0.1, -0.05) is 24.3 Å². The first-order chi connectivity index (χ1) is 8.22. The zero-order valence-corrected chi connectivity index (χ0v) is 8.96. The Bertz CT molecular complexity index is 472. The Hall–Kier alpha value is -1.42. The van der Waals surface area contributed by atoms with E-state index in [2.05, 4.69) is 12.2 Å². The van der Waals surface area contributed by atoms with Crippen LogP contribution in [0.2, 0.25) is 0 Å². The van der Waals surface area contributed by atoms with Crippen molar-refractivity contribution in [3.8, 4) is 0 Å². The summed E-state index contributed by atoms with van der Waals surface area (Å²) in [6.07, 6.45) is 8.34. The van der Waals surface area contributed by atoms with Gasteiger partial charge in [0.25, 0.3) is 0 Å². The van der Waals surface area contributed by atoms with Gasteiger partial charge in [0.2, 0.25) is 0 Å². The average Bonchev–Trinajstić information content (AvgIpc) is 3.04. The van der Waals surface area contributed by atoms with Gasteiger partial charge in [-0.15, -0.1) is 0 Å². The molecule has 17 heavy (non-hydrogen) atoms. The second kappa shape index (κ2) is 2.12. The summed E-state index contributed by atoms with van der Waals surface area (Å²) in [5, 5.41) is 0. The number of hydrogen-bond acceptors (Lipinski definition) is 4. The highest BCUT2D eigenvalue weighted by atomic mass is 16.6. The Morgan fingerprint density at radius 2 is 1.47 bits per heavy atom. The van der Waals surface area contributed by atoms with Crippen LogP contribution in [0.4, 0.5) is 0 Å². The lowest BCUT2D eigenvalue weighted by Crippen LogP contribution is -2.53. The number of carbonyl (C=O) groups excluding carboxylic acids is 2. The van der Waals surface area contributed by atoms with Gasteiger partial charge in [0.1, 0.15) is 10.8 Å². The van der Waals surface area contributed by atoms with E-state index in [0.29, 0.717) is 0 Å². The van der Waals surface area contributed by atoms with Crippen molar-refractivity contribution in [3.63, 3.8) is 0 Å². The van der Waals surface area contributed by atoms with E-state index in [0.717, 1.165) is 6.42 Å². The molecule has 0 aromatic carbocycles. The molecular weight excluding hydrogens is 220 g/mol. The lowest BCUT2D eigenvalue weighted by atomic mass is 9.54. The van der Waals surface area contributed by atoms with Crippen molar-refractivity contribution >= 4 is 11.9 Å². The molecule has 2 saturated heterocycles.